The lowest BCUT2D eigenvalue weighted by Gasteiger charge is -2.13. The number of alkyl halides is 3. The molecule has 0 fully saturated rings. The lowest BCUT2D eigenvalue weighted by molar-refractivity contribution is -0.141. The van der Waals surface area contributed by atoms with Crippen LogP contribution in [0.1, 0.15) is 29.9 Å². The van der Waals surface area contributed by atoms with Gasteiger partial charge in [-0.1, -0.05) is 41.4 Å². The van der Waals surface area contributed by atoms with Crippen LogP contribution in [0, 0.1) is 6.92 Å². The molecular weight excluding hydrogens is 430 g/mol. The van der Waals surface area contributed by atoms with Crippen LogP contribution in [0.5, 0.6) is 0 Å². The van der Waals surface area contributed by atoms with E-state index < -0.39 is 23.8 Å². The van der Waals surface area contributed by atoms with Gasteiger partial charge in [0.2, 0.25) is 5.91 Å². The number of carbonyl (C=O) groups excluding carboxylic acids is 1. The van der Waals surface area contributed by atoms with E-state index in [2.05, 4.69) is 15.5 Å². The molecule has 0 bridgehead atoms. The summed E-state index contributed by atoms with van der Waals surface area (Å²) in [7, 11) is 0. The van der Waals surface area contributed by atoms with Crippen LogP contribution in [0.4, 0.5) is 19.0 Å². The van der Waals surface area contributed by atoms with Crippen LogP contribution in [0.15, 0.2) is 36.5 Å². The van der Waals surface area contributed by atoms with E-state index >= 15 is 0 Å². The molecule has 3 aromatic rings. The van der Waals surface area contributed by atoms with E-state index in [-0.39, 0.29) is 16.5 Å². The number of aryl methyl sites for hydroxylation is 1. The molecule has 1 atom stereocenters. The third-order valence-electron chi connectivity index (χ3n) is 4.21. The Kier molecular flexibility index (Phi) is 5.90. The first kappa shape index (κ1) is 21.2. The first-order valence-electron chi connectivity index (χ1n) is 8.47. The van der Waals surface area contributed by atoms with Gasteiger partial charge < -0.3 is 5.32 Å². The fourth-order valence-corrected chi connectivity index (χ4v) is 3.11. The summed E-state index contributed by atoms with van der Waals surface area (Å²) in [6.45, 7) is 3.21. The molecule has 0 saturated carbocycles. The Morgan fingerprint density at radius 1 is 1.21 bits per heavy atom. The molecular formula is C18H16Cl2F3N5O. The summed E-state index contributed by atoms with van der Waals surface area (Å²) >= 11 is 12.3. The van der Waals surface area contributed by atoms with Crippen LogP contribution in [0.2, 0.25) is 10.0 Å². The number of benzene rings is 1. The maximum atomic E-state index is 12.8. The predicted octanol–water partition coefficient (Wildman–Crippen LogP) is 4.96. The smallest absolute Gasteiger partial charge is 0.306 e. The van der Waals surface area contributed by atoms with Gasteiger partial charge >= 0.3 is 6.18 Å². The number of rotatable bonds is 5. The highest BCUT2D eigenvalue weighted by atomic mass is 35.5. The Morgan fingerprint density at radius 2 is 1.90 bits per heavy atom. The minimum atomic E-state index is -4.59. The monoisotopic (exact) mass is 445 g/mol. The van der Waals surface area contributed by atoms with Gasteiger partial charge in [-0.2, -0.15) is 23.4 Å². The summed E-state index contributed by atoms with van der Waals surface area (Å²) in [6.07, 6.45) is -3.07. The van der Waals surface area contributed by atoms with Crippen molar-refractivity contribution in [3.63, 3.8) is 0 Å². The molecule has 3 rings (SSSR count). The van der Waals surface area contributed by atoms with Gasteiger partial charge in [0, 0.05) is 16.9 Å². The first-order valence-corrected chi connectivity index (χ1v) is 9.22. The van der Waals surface area contributed by atoms with E-state index in [1.54, 1.807) is 12.1 Å². The maximum absolute atomic E-state index is 12.8. The second-order valence-electron chi connectivity index (χ2n) is 6.39. The number of hydrogen-bond acceptors (Lipinski definition) is 3. The van der Waals surface area contributed by atoms with Gasteiger partial charge in [0.15, 0.2) is 11.5 Å². The molecule has 1 unspecified atom stereocenters. The molecule has 6 nitrogen and oxygen atoms in total. The number of nitrogens with zero attached hydrogens (tertiary/aromatic N) is 4. The Hall–Kier alpha value is -2.52. The van der Waals surface area contributed by atoms with Crippen LogP contribution in [0.25, 0.3) is 0 Å². The van der Waals surface area contributed by atoms with Crippen molar-refractivity contribution in [1.29, 1.82) is 0 Å². The van der Waals surface area contributed by atoms with E-state index in [0.29, 0.717) is 11.6 Å². The van der Waals surface area contributed by atoms with Crippen molar-refractivity contribution < 1.29 is 18.0 Å². The molecule has 0 aliphatic rings. The van der Waals surface area contributed by atoms with Crippen molar-refractivity contribution in [2.45, 2.75) is 32.6 Å². The fraction of sp³-hybridized carbons (Fsp3) is 0.278. The largest absolute Gasteiger partial charge is 0.435 e. The van der Waals surface area contributed by atoms with Crippen LogP contribution >= 0.6 is 23.2 Å². The summed E-state index contributed by atoms with van der Waals surface area (Å²) in [5.74, 6) is -0.508. The van der Waals surface area contributed by atoms with Gasteiger partial charge in [0.05, 0.1) is 6.54 Å². The zero-order valence-electron chi connectivity index (χ0n) is 15.3. The summed E-state index contributed by atoms with van der Waals surface area (Å²) in [5, 5.41) is 11.0. The highest BCUT2D eigenvalue weighted by Crippen LogP contribution is 2.29. The van der Waals surface area contributed by atoms with Gasteiger partial charge in [0.1, 0.15) is 11.1 Å². The van der Waals surface area contributed by atoms with Gasteiger partial charge in [0.25, 0.3) is 0 Å². The minimum Gasteiger partial charge on any atom is -0.306 e. The topological polar surface area (TPSA) is 64.7 Å². The lowest BCUT2D eigenvalue weighted by atomic mass is 10.2. The van der Waals surface area contributed by atoms with Crippen LogP contribution < -0.4 is 5.32 Å². The van der Waals surface area contributed by atoms with E-state index in [0.717, 1.165) is 16.3 Å². The zero-order chi connectivity index (χ0) is 21.3. The highest BCUT2D eigenvalue weighted by Gasteiger charge is 2.35. The van der Waals surface area contributed by atoms with Crippen LogP contribution in [-0.4, -0.2) is 25.5 Å². The standard InChI is InChI=1S/C18H16Cl2F3N5O/c1-10-7-15(18(21,22)23)25-28(10)11(2)17(29)24-16-14(20)9-27(26-16)8-12-5-3-4-6-13(12)19/h3-7,9,11H,8H2,1-2H3,(H,24,26,29). The molecule has 1 N–H and O–H groups in total. The minimum absolute atomic E-state index is 0.0939. The highest BCUT2D eigenvalue weighted by molar-refractivity contribution is 6.33. The first-order chi connectivity index (χ1) is 13.6. The molecule has 0 aliphatic carbocycles. The summed E-state index contributed by atoms with van der Waals surface area (Å²) in [6, 6.07) is 7.09. The molecule has 1 aromatic carbocycles. The number of carbonyl (C=O) groups is 1. The zero-order valence-corrected chi connectivity index (χ0v) is 16.8. The number of nitrogens with one attached hydrogen (secondary N) is 1. The summed E-state index contributed by atoms with van der Waals surface area (Å²) in [4.78, 5) is 12.5. The average molecular weight is 446 g/mol. The number of halogens is 5. The van der Waals surface area contributed by atoms with Crippen molar-refractivity contribution in [3.05, 3.63) is 63.5 Å². The van der Waals surface area contributed by atoms with E-state index in [1.165, 1.54) is 24.7 Å². The lowest BCUT2D eigenvalue weighted by Crippen LogP contribution is -2.26. The molecule has 1 amide bonds. The van der Waals surface area contributed by atoms with Crippen molar-refractivity contribution in [2.75, 3.05) is 5.32 Å². The summed E-state index contributed by atoms with van der Waals surface area (Å²) < 4.78 is 41.0. The molecule has 2 aromatic heterocycles. The normalized spacial score (nSPS) is 12.8. The fourth-order valence-electron chi connectivity index (χ4n) is 2.71. The van der Waals surface area contributed by atoms with Gasteiger partial charge in [-0.25, -0.2) is 0 Å². The van der Waals surface area contributed by atoms with Crippen molar-refractivity contribution in [2.24, 2.45) is 0 Å². The van der Waals surface area contributed by atoms with Crippen LogP contribution in [0.3, 0.4) is 0 Å². The molecule has 154 valence electrons. The second-order valence-corrected chi connectivity index (χ2v) is 7.21. The molecule has 11 heteroatoms. The van der Waals surface area contributed by atoms with E-state index in [1.807, 2.05) is 12.1 Å². The van der Waals surface area contributed by atoms with E-state index in [9.17, 15) is 18.0 Å². The molecule has 0 spiro atoms. The molecule has 0 aliphatic heterocycles. The molecule has 0 saturated heterocycles. The Balaban J connectivity index is 1.75. The summed E-state index contributed by atoms with van der Waals surface area (Å²) in [5.41, 5.74) is -0.0431. The van der Waals surface area contributed by atoms with Crippen molar-refractivity contribution in [3.8, 4) is 0 Å². The number of aromatic nitrogens is 4. The molecule has 2 heterocycles. The molecule has 0 radical (unpaired) electrons. The predicted molar refractivity (Wildman–Crippen MR) is 103 cm³/mol. The Bertz CT molecular complexity index is 1040. The molecule has 29 heavy (non-hydrogen) atoms. The van der Waals surface area contributed by atoms with Crippen LogP contribution in [-0.2, 0) is 17.5 Å². The Labute approximate surface area is 174 Å². The van der Waals surface area contributed by atoms with Gasteiger partial charge in [-0.05, 0) is 31.5 Å². The van der Waals surface area contributed by atoms with Gasteiger partial charge in [-0.3, -0.25) is 14.2 Å². The average Bonchev–Trinajstić information content (AvgIpc) is 3.19. The van der Waals surface area contributed by atoms with Gasteiger partial charge in [-0.15, -0.1) is 0 Å². The van der Waals surface area contributed by atoms with Crippen molar-refractivity contribution >= 4 is 34.9 Å². The Morgan fingerprint density at radius 3 is 2.52 bits per heavy atom. The third kappa shape index (κ3) is 4.73. The SMILES string of the molecule is Cc1cc(C(F)(F)F)nn1C(C)C(=O)Nc1nn(Cc2ccccc2Cl)cc1Cl. The third-order valence-corrected chi connectivity index (χ3v) is 4.85. The second kappa shape index (κ2) is 8.08. The van der Waals surface area contributed by atoms with E-state index in [4.69, 9.17) is 23.2 Å². The number of anilines is 1. The maximum Gasteiger partial charge on any atom is 0.435 e. The number of hydrogen-bond donors (Lipinski definition) is 1. The van der Waals surface area contributed by atoms with Crippen molar-refractivity contribution in [1.82, 2.24) is 19.6 Å². The number of amides is 1. The quantitative estimate of drug-likeness (QED) is 0.603.